The number of benzene rings is 2. The van der Waals surface area contributed by atoms with Gasteiger partial charge in [-0.05, 0) is 29.3 Å². The van der Waals surface area contributed by atoms with Crippen molar-refractivity contribution in [3.05, 3.63) is 76.0 Å². The first-order chi connectivity index (χ1) is 10.6. The molecule has 0 saturated carbocycles. The summed E-state index contributed by atoms with van der Waals surface area (Å²) in [6, 6.07) is 14.0. The average Bonchev–Trinajstić information content (AvgIpc) is 2.50. The van der Waals surface area contributed by atoms with E-state index in [1.54, 1.807) is 18.2 Å². The van der Waals surface area contributed by atoms with Crippen molar-refractivity contribution in [3.8, 4) is 0 Å². The Morgan fingerprint density at radius 3 is 2.73 bits per heavy atom. The Labute approximate surface area is 136 Å². The molecule has 0 aliphatic carbocycles. The summed E-state index contributed by atoms with van der Waals surface area (Å²) in [6.45, 7) is 0.537. The summed E-state index contributed by atoms with van der Waals surface area (Å²) in [5.74, 6) is -0.316. The smallest absolute Gasteiger partial charge is 0.407 e. The highest BCUT2D eigenvalue weighted by Crippen LogP contribution is 2.15. The summed E-state index contributed by atoms with van der Waals surface area (Å²) < 4.78 is 18.9. The van der Waals surface area contributed by atoms with E-state index in [0.29, 0.717) is 16.6 Å². The van der Waals surface area contributed by atoms with Gasteiger partial charge in [-0.25, -0.2) is 9.18 Å². The van der Waals surface area contributed by atoms with E-state index in [1.165, 1.54) is 12.1 Å². The maximum Gasteiger partial charge on any atom is 0.407 e. The molecule has 2 rings (SSSR count). The molecule has 1 amide bonds. The molecule has 3 nitrogen and oxygen atoms in total. The summed E-state index contributed by atoms with van der Waals surface area (Å²) >= 11 is 3.22. The van der Waals surface area contributed by atoms with Crippen LogP contribution < -0.4 is 5.32 Å². The molecule has 114 valence electrons. The maximum atomic E-state index is 13.2. The van der Waals surface area contributed by atoms with Gasteiger partial charge in [-0.2, -0.15) is 0 Å². The average molecular weight is 364 g/mol. The summed E-state index contributed by atoms with van der Waals surface area (Å²) in [5, 5.41) is 2.60. The number of rotatable bonds is 5. The minimum atomic E-state index is -0.492. The Hall–Kier alpha value is -2.14. The number of nitrogens with one attached hydrogen (secondary N) is 1. The SMILES string of the molecule is O=C(NCC=Cc1cc(F)cc(Br)c1)OCc1ccccc1. The molecule has 0 aliphatic heterocycles. The van der Waals surface area contributed by atoms with Gasteiger partial charge in [0.05, 0.1) is 0 Å². The fourth-order valence-electron chi connectivity index (χ4n) is 1.78. The van der Waals surface area contributed by atoms with Crippen molar-refractivity contribution in [1.82, 2.24) is 5.32 Å². The van der Waals surface area contributed by atoms with E-state index >= 15 is 0 Å². The number of carbonyl (C=O) groups is 1. The second-order valence-corrected chi connectivity index (χ2v) is 5.46. The Kier molecular flexibility index (Phi) is 6.15. The molecule has 0 bridgehead atoms. The van der Waals surface area contributed by atoms with Gasteiger partial charge >= 0.3 is 6.09 Å². The van der Waals surface area contributed by atoms with Crippen LogP contribution >= 0.6 is 15.9 Å². The largest absolute Gasteiger partial charge is 0.445 e. The van der Waals surface area contributed by atoms with Crippen molar-refractivity contribution in [2.24, 2.45) is 0 Å². The van der Waals surface area contributed by atoms with Gasteiger partial charge in [-0.15, -0.1) is 0 Å². The second-order valence-electron chi connectivity index (χ2n) is 4.55. The predicted molar refractivity (Wildman–Crippen MR) is 87.8 cm³/mol. The number of hydrogen-bond acceptors (Lipinski definition) is 2. The first-order valence-corrected chi connectivity index (χ1v) is 7.50. The third-order valence-electron chi connectivity index (χ3n) is 2.77. The lowest BCUT2D eigenvalue weighted by molar-refractivity contribution is 0.141. The number of halogens is 2. The van der Waals surface area contributed by atoms with E-state index in [0.717, 1.165) is 5.56 Å². The van der Waals surface area contributed by atoms with E-state index in [-0.39, 0.29) is 12.4 Å². The molecule has 2 aromatic rings. The first-order valence-electron chi connectivity index (χ1n) is 6.70. The van der Waals surface area contributed by atoms with Crippen molar-refractivity contribution in [3.63, 3.8) is 0 Å². The van der Waals surface area contributed by atoms with Crippen molar-refractivity contribution in [2.45, 2.75) is 6.61 Å². The highest BCUT2D eigenvalue weighted by atomic mass is 79.9. The zero-order valence-corrected chi connectivity index (χ0v) is 13.3. The summed E-state index contributed by atoms with van der Waals surface area (Å²) in [5.41, 5.74) is 1.64. The molecule has 0 saturated heterocycles. The quantitative estimate of drug-likeness (QED) is 0.847. The monoisotopic (exact) mass is 363 g/mol. The minimum Gasteiger partial charge on any atom is -0.445 e. The molecular formula is C17H15BrFNO2. The molecule has 22 heavy (non-hydrogen) atoms. The standard InChI is InChI=1S/C17H15BrFNO2/c18-15-9-14(10-16(19)11-15)7-4-8-20-17(21)22-12-13-5-2-1-3-6-13/h1-7,9-11H,8,12H2,(H,20,21). The highest BCUT2D eigenvalue weighted by Gasteiger charge is 2.00. The number of ether oxygens (including phenoxy) is 1. The molecule has 0 heterocycles. The molecule has 0 fully saturated rings. The number of carbonyl (C=O) groups excluding carboxylic acids is 1. The molecule has 2 aromatic carbocycles. The van der Waals surface area contributed by atoms with Crippen LogP contribution in [-0.4, -0.2) is 12.6 Å². The van der Waals surface area contributed by atoms with Gasteiger partial charge in [0, 0.05) is 11.0 Å². The second kappa shape index (κ2) is 8.34. The fourth-order valence-corrected chi connectivity index (χ4v) is 2.27. The van der Waals surface area contributed by atoms with Gasteiger partial charge in [0.15, 0.2) is 0 Å². The van der Waals surface area contributed by atoms with Gasteiger partial charge < -0.3 is 10.1 Å². The summed E-state index contributed by atoms with van der Waals surface area (Å²) in [6.07, 6.45) is 2.96. The lowest BCUT2D eigenvalue weighted by Gasteiger charge is -2.05. The van der Waals surface area contributed by atoms with E-state index in [2.05, 4.69) is 21.2 Å². The molecule has 0 aliphatic rings. The predicted octanol–water partition coefficient (Wildman–Crippen LogP) is 4.53. The van der Waals surface area contributed by atoms with E-state index in [4.69, 9.17) is 4.74 Å². The van der Waals surface area contributed by atoms with Gasteiger partial charge in [0.2, 0.25) is 0 Å². The third kappa shape index (κ3) is 5.69. The van der Waals surface area contributed by atoms with Crippen LogP contribution in [-0.2, 0) is 11.3 Å². The zero-order valence-electron chi connectivity index (χ0n) is 11.8. The number of alkyl carbamates (subject to hydrolysis) is 1. The Balaban J connectivity index is 1.73. The lowest BCUT2D eigenvalue weighted by Crippen LogP contribution is -2.24. The molecule has 0 atom stereocenters. The van der Waals surface area contributed by atoms with Crippen LogP contribution in [0.5, 0.6) is 0 Å². The molecule has 1 N–H and O–H groups in total. The van der Waals surface area contributed by atoms with Crippen LogP contribution in [0, 0.1) is 5.82 Å². The van der Waals surface area contributed by atoms with Crippen molar-refractivity contribution >= 4 is 28.1 Å². The van der Waals surface area contributed by atoms with Crippen LogP contribution in [0.25, 0.3) is 6.08 Å². The Bertz CT molecular complexity index is 639. The normalized spacial score (nSPS) is 10.6. The molecule has 0 aromatic heterocycles. The van der Waals surface area contributed by atoms with E-state index in [9.17, 15) is 9.18 Å². The minimum absolute atomic E-state index is 0.229. The molecule has 5 heteroatoms. The van der Waals surface area contributed by atoms with Gasteiger partial charge in [-0.3, -0.25) is 0 Å². The van der Waals surface area contributed by atoms with E-state index < -0.39 is 6.09 Å². The Morgan fingerprint density at radius 2 is 2.00 bits per heavy atom. The van der Waals surface area contributed by atoms with E-state index in [1.807, 2.05) is 30.3 Å². The lowest BCUT2D eigenvalue weighted by atomic mass is 10.2. The molecule has 0 unspecified atom stereocenters. The first kappa shape index (κ1) is 16.2. The van der Waals surface area contributed by atoms with Crippen LogP contribution in [0.4, 0.5) is 9.18 Å². The summed E-state index contributed by atoms with van der Waals surface area (Å²) in [7, 11) is 0. The van der Waals surface area contributed by atoms with Gasteiger partial charge in [0.25, 0.3) is 0 Å². The van der Waals surface area contributed by atoms with Crippen molar-refractivity contribution < 1.29 is 13.9 Å². The molecule has 0 spiro atoms. The number of hydrogen-bond donors (Lipinski definition) is 1. The Morgan fingerprint density at radius 1 is 1.23 bits per heavy atom. The van der Waals surface area contributed by atoms with Crippen LogP contribution in [0.3, 0.4) is 0 Å². The topological polar surface area (TPSA) is 38.3 Å². The van der Waals surface area contributed by atoms with Crippen LogP contribution in [0.1, 0.15) is 11.1 Å². The maximum absolute atomic E-state index is 13.2. The zero-order chi connectivity index (χ0) is 15.8. The van der Waals surface area contributed by atoms with Gasteiger partial charge in [-0.1, -0.05) is 58.4 Å². The van der Waals surface area contributed by atoms with Crippen LogP contribution in [0.15, 0.2) is 59.1 Å². The fraction of sp³-hybridized carbons (Fsp3) is 0.118. The summed E-state index contributed by atoms with van der Waals surface area (Å²) in [4.78, 5) is 11.5. The van der Waals surface area contributed by atoms with Crippen molar-refractivity contribution in [1.29, 1.82) is 0 Å². The number of amides is 1. The van der Waals surface area contributed by atoms with Gasteiger partial charge in [0.1, 0.15) is 12.4 Å². The highest BCUT2D eigenvalue weighted by molar-refractivity contribution is 9.10. The third-order valence-corrected chi connectivity index (χ3v) is 3.23. The van der Waals surface area contributed by atoms with Crippen LogP contribution in [0.2, 0.25) is 0 Å². The molecular weight excluding hydrogens is 349 g/mol. The van der Waals surface area contributed by atoms with Crippen molar-refractivity contribution in [2.75, 3.05) is 6.54 Å². The molecule has 0 radical (unpaired) electrons.